The summed E-state index contributed by atoms with van der Waals surface area (Å²) in [5.74, 6) is 0.665. The van der Waals surface area contributed by atoms with Crippen molar-refractivity contribution in [2.24, 2.45) is 0 Å². The normalized spacial score (nSPS) is 19.0. The summed E-state index contributed by atoms with van der Waals surface area (Å²) in [5.41, 5.74) is 2.29. The standard InChI is InChI=1S/C20H23NO3/c1-23-17-11-6-10-16(14-17)19(15-8-4-3-5-9-15)21-13-7-12-18(21)20(22)24-2/h3-6,8-11,14,18-19H,7,12-13H2,1-2H3/t18-,19?/m0/s1. The molecule has 24 heavy (non-hydrogen) atoms. The highest BCUT2D eigenvalue weighted by Crippen LogP contribution is 2.36. The van der Waals surface area contributed by atoms with E-state index in [9.17, 15) is 4.79 Å². The maximum Gasteiger partial charge on any atom is 0.323 e. The summed E-state index contributed by atoms with van der Waals surface area (Å²) in [5, 5.41) is 0. The molecule has 1 aliphatic heterocycles. The number of hydrogen-bond donors (Lipinski definition) is 0. The molecule has 0 spiro atoms. The van der Waals surface area contributed by atoms with E-state index in [2.05, 4.69) is 23.1 Å². The van der Waals surface area contributed by atoms with Crippen LogP contribution in [-0.4, -0.2) is 37.7 Å². The number of hydrogen-bond acceptors (Lipinski definition) is 4. The van der Waals surface area contributed by atoms with Gasteiger partial charge in [0, 0.05) is 6.54 Å². The molecule has 0 aromatic heterocycles. The number of esters is 1. The Morgan fingerprint density at radius 3 is 2.54 bits per heavy atom. The summed E-state index contributed by atoms with van der Waals surface area (Å²) in [6.45, 7) is 0.872. The Morgan fingerprint density at radius 1 is 1.08 bits per heavy atom. The lowest BCUT2D eigenvalue weighted by molar-refractivity contribution is -0.146. The third-order valence-corrected chi connectivity index (χ3v) is 4.62. The first kappa shape index (κ1) is 16.5. The number of ether oxygens (including phenoxy) is 2. The van der Waals surface area contributed by atoms with Gasteiger partial charge in [0.05, 0.1) is 20.3 Å². The lowest BCUT2D eigenvalue weighted by Crippen LogP contribution is -2.40. The van der Waals surface area contributed by atoms with Gasteiger partial charge < -0.3 is 9.47 Å². The molecule has 0 aliphatic carbocycles. The van der Waals surface area contributed by atoms with E-state index in [4.69, 9.17) is 9.47 Å². The molecule has 4 heteroatoms. The Hall–Kier alpha value is -2.33. The van der Waals surface area contributed by atoms with E-state index in [0.29, 0.717) is 0 Å². The van der Waals surface area contributed by atoms with E-state index in [0.717, 1.165) is 30.7 Å². The van der Waals surface area contributed by atoms with Gasteiger partial charge in [-0.05, 0) is 36.1 Å². The zero-order valence-corrected chi connectivity index (χ0v) is 14.1. The molecule has 1 fully saturated rings. The summed E-state index contributed by atoms with van der Waals surface area (Å²) >= 11 is 0. The smallest absolute Gasteiger partial charge is 0.323 e. The van der Waals surface area contributed by atoms with Crippen LogP contribution in [0.15, 0.2) is 54.6 Å². The van der Waals surface area contributed by atoms with Crippen molar-refractivity contribution in [1.82, 2.24) is 4.90 Å². The fraction of sp³-hybridized carbons (Fsp3) is 0.350. The van der Waals surface area contributed by atoms with Crippen LogP contribution in [0, 0.1) is 0 Å². The Morgan fingerprint density at radius 2 is 1.83 bits per heavy atom. The number of methoxy groups -OCH3 is 2. The van der Waals surface area contributed by atoms with E-state index < -0.39 is 0 Å². The molecule has 1 unspecified atom stereocenters. The Bertz CT molecular complexity index is 686. The van der Waals surface area contributed by atoms with Crippen molar-refractivity contribution in [1.29, 1.82) is 0 Å². The molecule has 0 radical (unpaired) electrons. The lowest BCUT2D eigenvalue weighted by Gasteiger charge is -2.32. The van der Waals surface area contributed by atoms with Gasteiger partial charge in [0.1, 0.15) is 11.8 Å². The molecule has 3 rings (SSSR count). The van der Waals surface area contributed by atoms with Crippen LogP contribution in [0.5, 0.6) is 5.75 Å². The third-order valence-electron chi connectivity index (χ3n) is 4.62. The van der Waals surface area contributed by atoms with Crippen molar-refractivity contribution in [3.63, 3.8) is 0 Å². The van der Waals surface area contributed by atoms with E-state index >= 15 is 0 Å². The molecule has 2 aromatic rings. The van der Waals surface area contributed by atoms with Gasteiger partial charge in [-0.1, -0.05) is 42.5 Å². The minimum atomic E-state index is -0.202. The number of carbonyl (C=O) groups is 1. The highest BCUT2D eigenvalue weighted by Gasteiger charge is 2.37. The molecule has 1 heterocycles. The predicted octanol–water partition coefficient (Wildman–Crippen LogP) is 3.42. The van der Waals surface area contributed by atoms with Crippen molar-refractivity contribution in [2.45, 2.75) is 24.9 Å². The molecule has 1 aliphatic rings. The first-order valence-corrected chi connectivity index (χ1v) is 8.27. The van der Waals surface area contributed by atoms with Crippen LogP contribution in [0.4, 0.5) is 0 Å². The molecule has 126 valence electrons. The van der Waals surface area contributed by atoms with Crippen molar-refractivity contribution in [3.8, 4) is 5.75 Å². The van der Waals surface area contributed by atoms with Crippen molar-refractivity contribution < 1.29 is 14.3 Å². The van der Waals surface area contributed by atoms with Crippen LogP contribution in [-0.2, 0) is 9.53 Å². The summed E-state index contributed by atoms with van der Waals surface area (Å²) in [6, 6.07) is 18.2. The molecule has 0 amide bonds. The van der Waals surface area contributed by atoms with Gasteiger partial charge in [-0.2, -0.15) is 0 Å². The second kappa shape index (κ2) is 7.49. The molecule has 0 bridgehead atoms. The van der Waals surface area contributed by atoms with Gasteiger partial charge in [0.2, 0.25) is 0 Å². The second-order valence-corrected chi connectivity index (χ2v) is 6.01. The van der Waals surface area contributed by atoms with Crippen LogP contribution < -0.4 is 4.74 Å². The first-order chi connectivity index (χ1) is 11.7. The average Bonchev–Trinajstić information content (AvgIpc) is 3.11. The quantitative estimate of drug-likeness (QED) is 0.790. The fourth-order valence-corrected chi connectivity index (χ4v) is 3.51. The zero-order valence-electron chi connectivity index (χ0n) is 14.1. The maximum absolute atomic E-state index is 12.2. The van der Waals surface area contributed by atoms with Crippen LogP contribution in [0.3, 0.4) is 0 Å². The molecule has 0 N–H and O–H groups in total. The predicted molar refractivity (Wildman–Crippen MR) is 93.0 cm³/mol. The molecule has 4 nitrogen and oxygen atoms in total. The summed E-state index contributed by atoms with van der Waals surface area (Å²) in [4.78, 5) is 14.5. The van der Waals surface area contributed by atoms with Crippen molar-refractivity contribution in [2.75, 3.05) is 20.8 Å². The summed E-state index contributed by atoms with van der Waals surface area (Å²) < 4.78 is 10.4. The van der Waals surface area contributed by atoms with Crippen molar-refractivity contribution >= 4 is 5.97 Å². The van der Waals surface area contributed by atoms with Crippen LogP contribution in [0.1, 0.15) is 30.0 Å². The number of nitrogens with zero attached hydrogens (tertiary/aromatic N) is 1. The monoisotopic (exact) mass is 325 g/mol. The van der Waals surface area contributed by atoms with E-state index in [1.165, 1.54) is 12.7 Å². The van der Waals surface area contributed by atoms with Crippen molar-refractivity contribution in [3.05, 3.63) is 65.7 Å². The second-order valence-electron chi connectivity index (χ2n) is 6.01. The lowest BCUT2D eigenvalue weighted by atomic mass is 9.96. The van der Waals surface area contributed by atoms with Gasteiger partial charge in [-0.25, -0.2) is 0 Å². The molecule has 2 aromatic carbocycles. The van der Waals surface area contributed by atoms with Gasteiger partial charge in [-0.15, -0.1) is 0 Å². The Balaban J connectivity index is 2.03. The van der Waals surface area contributed by atoms with Crippen LogP contribution in [0.2, 0.25) is 0 Å². The number of carbonyl (C=O) groups excluding carboxylic acids is 1. The topological polar surface area (TPSA) is 38.8 Å². The molecular weight excluding hydrogens is 302 g/mol. The van der Waals surface area contributed by atoms with Gasteiger partial charge >= 0.3 is 5.97 Å². The minimum absolute atomic E-state index is 0.00731. The average molecular weight is 325 g/mol. The van der Waals surface area contributed by atoms with E-state index in [1.54, 1.807) is 7.11 Å². The Labute approximate surface area is 143 Å². The number of benzene rings is 2. The van der Waals surface area contributed by atoms with Gasteiger partial charge in [0.15, 0.2) is 0 Å². The first-order valence-electron chi connectivity index (χ1n) is 8.27. The highest BCUT2D eigenvalue weighted by atomic mass is 16.5. The third kappa shape index (κ3) is 3.29. The largest absolute Gasteiger partial charge is 0.497 e. The number of likely N-dealkylation sites (tertiary alicyclic amines) is 1. The highest BCUT2D eigenvalue weighted by molar-refractivity contribution is 5.76. The van der Waals surface area contributed by atoms with E-state index in [-0.39, 0.29) is 18.1 Å². The zero-order chi connectivity index (χ0) is 16.9. The maximum atomic E-state index is 12.2. The molecule has 2 atom stereocenters. The number of rotatable bonds is 5. The SMILES string of the molecule is COC(=O)[C@@H]1CCCN1C(c1ccccc1)c1cccc(OC)c1. The molecule has 0 saturated carbocycles. The van der Waals surface area contributed by atoms with Crippen LogP contribution in [0.25, 0.3) is 0 Å². The van der Waals surface area contributed by atoms with Gasteiger partial charge in [-0.3, -0.25) is 9.69 Å². The molecular formula is C20H23NO3. The molecule has 1 saturated heterocycles. The van der Waals surface area contributed by atoms with Gasteiger partial charge in [0.25, 0.3) is 0 Å². The Kier molecular flexibility index (Phi) is 5.16. The van der Waals surface area contributed by atoms with E-state index in [1.807, 2.05) is 36.4 Å². The summed E-state index contributed by atoms with van der Waals surface area (Å²) in [7, 11) is 3.13. The fourth-order valence-electron chi connectivity index (χ4n) is 3.51. The minimum Gasteiger partial charge on any atom is -0.497 e. The van der Waals surface area contributed by atoms with Crippen LogP contribution >= 0.6 is 0 Å². The summed E-state index contributed by atoms with van der Waals surface area (Å²) in [6.07, 6.45) is 1.83.